The highest BCUT2D eigenvalue weighted by Gasteiger charge is 2.41. The number of allylic oxidation sites excluding steroid dienone is 6. The molecule has 0 saturated heterocycles. The van der Waals surface area contributed by atoms with E-state index in [1.165, 1.54) is 0 Å². The summed E-state index contributed by atoms with van der Waals surface area (Å²) in [5.74, 6) is 0.842. The predicted molar refractivity (Wildman–Crippen MR) is 102 cm³/mol. The Labute approximate surface area is 149 Å². The smallest absolute Gasteiger partial charge is 0.191 e. The van der Waals surface area contributed by atoms with E-state index in [9.17, 15) is 4.79 Å². The van der Waals surface area contributed by atoms with Gasteiger partial charge in [-0.2, -0.15) is 0 Å². The molecule has 0 unspecified atom stereocenters. The second kappa shape index (κ2) is 6.40. The van der Waals surface area contributed by atoms with E-state index in [0.717, 1.165) is 39.4 Å². The summed E-state index contributed by atoms with van der Waals surface area (Å²) in [6, 6.07) is 5.74. The van der Waals surface area contributed by atoms with Crippen molar-refractivity contribution < 1.29 is 9.53 Å². The van der Waals surface area contributed by atoms with Gasteiger partial charge in [0.1, 0.15) is 5.75 Å². The molecule has 25 heavy (non-hydrogen) atoms. The molecule has 0 amide bonds. The van der Waals surface area contributed by atoms with Crippen molar-refractivity contribution in [2.45, 2.75) is 39.5 Å². The average Bonchev–Trinajstić information content (AvgIpc) is 2.62. The minimum Gasteiger partial charge on any atom is -0.494 e. The van der Waals surface area contributed by atoms with E-state index in [1.54, 1.807) is 0 Å². The predicted octanol–water partition coefficient (Wildman–Crippen LogP) is 4.82. The maximum Gasteiger partial charge on any atom is 0.191 e. The number of benzene rings is 1. The van der Waals surface area contributed by atoms with E-state index >= 15 is 0 Å². The molecule has 0 radical (unpaired) electrons. The summed E-state index contributed by atoms with van der Waals surface area (Å²) in [4.78, 5) is 13.2. The van der Waals surface area contributed by atoms with Crippen LogP contribution in [0.5, 0.6) is 5.75 Å². The highest BCUT2D eigenvalue weighted by molar-refractivity contribution is 6.12. The molecule has 3 rings (SSSR count). The number of hydrogen-bond donors (Lipinski definition) is 1. The van der Waals surface area contributed by atoms with Crippen LogP contribution in [0.15, 0.2) is 65.5 Å². The third kappa shape index (κ3) is 2.95. The molecule has 1 aliphatic carbocycles. The first-order chi connectivity index (χ1) is 11.9. The maximum absolute atomic E-state index is 13.2. The van der Waals surface area contributed by atoms with Crippen LogP contribution in [0.25, 0.3) is 0 Å². The lowest BCUT2D eigenvalue weighted by Crippen LogP contribution is -2.38. The summed E-state index contributed by atoms with van der Waals surface area (Å²) < 4.78 is 5.84. The fraction of sp³-hybridized carbons (Fsp3) is 0.318. The molecular weight excluding hydrogens is 310 g/mol. The van der Waals surface area contributed by atoms with Crippen molar-refractivity contribution in [3.05, 3.63) is 76.7 Å². The highest BCUT2D eigenvalue weighted by atomic mass is 16.5. The molecule has 1 aliphatic heterocycles. The Morgan fingerprint density at radius 2 is 2.08 bits per heavy atom. The standard InChI is InChI=1S/C22H25NO2/c1-6-25-18-12-8-10-16-19(18)22(4,5)21-17(20(16)24)11-7-9-14(2)13-15(3)23-21/h7-10,12-13,23H,3,6,11H2,1-2,4-5H3/b9-7-,14-13-. The monoisotopic (exact) mass is 335 g/mol. The number of hydrogen-bond acceptors (Lipinski definition) is 3. The van der Waals surface area contributed by atoms with E-state index in [4.69, 9.17) is 4.74 Å². The van der Waals surface area contributed by atoms with Crippen molar-refractivity contribution in [1.29, 1.82) is 0 Å². The van der Waals surface area contributed by atoms with E-state index < -0.39 is 0 Å². The second-order valence-electron chi connectivity index (χ2n) is 7.06. The van der Waals surface area contributed by atoms with Gasteiger partial charge in [-0.05, 0) is 38.0 Å². The molecule has 2 aliphatic rings. The molecule has 0 bridgehead atoms. The Balaban J connectivity index is 2.22. The van der Waals surface area contributed by atoms with Crippen LogP contribution in [-0.4, -0.2) is 12.4 Å². The van der Waals surface area contributed by atoms with Gasteiger partial charge in [0.05, 0.1) is 6.61 Å². The summed E-state index contributed by atoms with van der Waals surface area (Å²) >= 11 is 0. The van der Waals surface area contributed by atoms with Crippen LogP contribution in [0.2, 0.25) is 0 Å². The SMILES string of the molecule is C=C1/C=C(C)\C=C/CC2=C(N1)C(C)(C)c1c(OCC)cccc1C2=O. The molecule has 0 fully saturated rings. The van der Waals surface area contributed by atoms with Crippen LogP contribution < -0.4 is 10.1 Å². The molecule has 0 saturated carbocycles. The number of Topliss-reactive ketones (excluding diaryl/α,β-unsaturated/α-hetero) is 1. The fourth-order valence-electron chi connectivity index (χ4n) is 3.73. The van der Waals surface area contributed by atoms with Gasteiger partial charge in [0.25, 0.3) is 0 Å². The molecule has 1 aromatic carbocycles. The van der Waals surface area contributed by atoms with Crippen LogP contribution in [0, 0.1) is 0 Å². The zero-order valence-corrected chi connectivity index (χ0v) is 15.4. The molecule has 3 nitrogen and oxygen atoms in total. The lowest BCUT2D eigenvalue weighted by molar-refractivity contribution is 0.102. The number of rotatable bonds is 2. The Morgan fingerprint density at radius 3 is 2.80 bits per heavy atom. The van der Waals surface area contributed by atoms with Gasteiger partial charge in [0.15, 0.2) is 5.78 Å². The number of carbonyl (C=O) groups excluding carboxylic acids is 1. The van der Waals surface area contributed by atoms with E-state index in [0.29, 0.717) is 13.0 Å². The third-order valence-electron chi connectivity index (χ3n) is 4.79. The van der Waals surface area contributed by atoms with Gasteiger partial charge < -0.3 is 10.1 Å². The highest BCUT2D eigenvalue weighted by Crippen LogP contribution is 2.45. The van der Waals surface area contributed by atoms with E-state index in [1.807, 2.05) is 50.3 Å². The summed E-state index contributed by atoms with van der Waals surface area (Å²) in [6.07, 6.45) is 6.68. The van der Waals surface area contributed by atoms with Crippen molar-refractivity contribution in [3.8, 4) is 5.75 Å². The average molecular weight is 335 g/mol. The maximum atomic E-state index is 13.2. The lowest BCUT2D eigenvalue weighted by Gasteiger charge is -2.38. The summed E-state index contributed by atoms with van der Waals surface area (Å²) in [7, 11) is 0. The largest absolute Gasteiger partial charge is 0.494 e. The number of ether oxygens (including phenoxy) is 1. The topological polar surface area (TPSA) is 38.3 Å². The van der Waals surface area contributed by atoms with Crippen molar-refractivity contribution in [3.63, 3.8) is 0 Å². The zero-order valence-electron chi connectivity index (χ0n) is 15.4. The molecule has 1 aromatic rings. The lowest BCUT2D eigenvalue weighted by atomic mass is 9.70. The normalized spacial score (nSPS) is 22.5. The molecule has 1 heterocycles. The molecule has 0 spiro atoms. The fourth-order valence-corrected chi connectivity index (χ4v) is 3.73. The van der Waals surface area contributed by atoms with Gasteiger partial charge in [-0.15, -0.1) is 0 Å². The number of carbonyl (C=O) groups is 1. The Kier molecular flexibility index (Phi) is 4.42. The first kappa shape index (κ1) is 17.3. The summed E-state index contributed by atoms with van der Waals surface area (Å²) in [5, 5.41) is 3.41. The van der Waals surface area contributed by atoms with Crippen LogP contribution in [-0.2, 0) is 5.41 Å². The molecule has 0 aromatic heterocycles. The Bertz CT molecular complexity index is 838. The van der Waals surface area contributed by atoms with Crippen LogP contribution >= 0.6 is 0 Å². The van der Waals surface area contributed by atoms with Gasteiger partial charge in [-0.25, -0.2) is 0 Å². The summed E-state index contributed by atoms with van der Waals surface area (Å²) in [6.45, 7) is 12.9. The van der Waals surface area contributed by atoms with Crippen molar-refractivity contribution in [2.75, 3.05) is 6.61 Å². The minimum absolute atomic E-state index is 0.0652. The molecule has 0 atom stereocenters. The molecule has 130 valence electrons. The first-order valence-electron chi connectivity index (χ1n) is 8.71. The van der Waals surface area contributed by atoms with Crippen LogP contribution in [0.3, 0.4) is 0 Å². The Morgan fingerprint density at radius 1 is 1.32 bits per heavy atom. The first-order valence-corrected chi connectivity index (χ1v) is 8.71. The third-order valence-corrected chi connectivity index (χ3v) is 4.79. The van der Waals surface area contributed by atoms with Gasteiger partial charge in [0, 0.05) is 33.5 Å². The van der Waals surface area contributed by atoms with Crippen molar-refractivity contribution in [1.82, 2.24) is 5.32 Å². The van der Waals surface area contributed by atoms with Crippen molar-refractivity contribution >= 4 is 5.78 Å². The Hall–Kier alpha value is -2.55. The summed E-state index contributed by atoms with van der Waals surface area (Å²) in [5.41, 5.74) is 4.91. The van der Waals surface area contributed by atoms with E-state index in [-0.39, 0.29) is 11.2 Å². The van der Waals surface area contributed by atoms with Crippen LogP contribution in [0.4, 0.5) is 0 Å². The van der Waals surface area contributed by atoms with Crippen LogP contribution in [0.1, 0.15) is 50.0 Å². The molecule has 1 N–H and O–H groups in total. The quantitative estimate of drug-likeness (QED) is 0.842. The molecular formula is C22H25NO2. The number of fused-ring (bicyclic) bond motifs is 1. The minimum atomic E-state index is -0.382. The van der Waals surface area contributed by atoms with Gasteiger partial charge >= 0.3 is 0 Å². The van der Waals surface area contributed by atoms with Gasteiger partial charge in [-0.3, -0.25) is 4.79 Å². The van der Waals surface area contributed by atoms with E-state index in [2.05, 4.69) is 25.7 Å². The number of ketones is 1. The molecule has 3 heteroatoms. The van der Waals surface area contributed by atoms with Crippen molar-refractivity contribution in [2.24, 2.45) is 0 Å². The van der Waals surface area contributed by atoms with Gasteiger partial charge in [0.2, 0.25) is 0 Å². The number of nitrogens with one attached hydrogen (secondary N) is 1. The zero-order chi connectivity index (χ0) is 18.2. The van der Waals surface area contributed by atoms with Gasteiger partial charge in [-0.1, -0.05) is 44.7 Å². The second-order valence-corrected chi connectivity index (χ2v) is 7.06.